The number of aromatic carboxylic acids is 1. The van der Waals surface area contributed by atoms with Crippen LogP contribution in [0.25, 0.3) is 5.78 Å². The molecule has 8 heteroatoms. The van der Waals surface area contributed by atoms with Crippen LogP contribution in [-0.2, 0) is 0 Å². The van der Waals surface area contributed by atoms with Gasteiger partial charge in [-0.2, -0.15) is 9.50 Å². The molecule has 0 fully saturated rings. The summed E-state index contributed by atoms with van der Waals surface area (Å²) in [7, 11) is 0. The number of nitrogens with two attached hydrogens (primary N) is 1. The highest BCUT2D eigenvalue weighted by Gasteiger charge is 2.11. The van der Waals surface area contributed by atoms with Gasteiger partial charge in [-0.25, -0.2) is 9.78 Å². The van der Waals surface area contributed by atoms with Crippen molar-refractivity contribution in [3.63, 3.8) is 0 Å². The van der Waals surface area contributed by atoms with Crippen LogP contribution < -0.4 is 11.3 Å². The minimum absolute atomic E-state index is 0.0263. The van der Waals surface area contributed by atoms with E-state index in [1.54, 1.807) is 0 Å². The van der Waals surface area contributed by atoms with Crippen LogP contribution in [0.4, 0.5) is 5.69 Å². The number of hydrogen-bond donors (Lipinski definition) is 3. The monoisotopic (exact) mass is 195 g/mol. The lowest BCUT2D eigenvalue weighted by Crippen LogP contribution is -2.18. The molecule has 8 nitrogen and oxygen atoms in total. The van der Waals surface area contributed by atoms with Crippen LogP contribution in [0.2, 0.25) is 0 Å². The molecular weight excluding hydrogens is 190 g/mol. The van der Waals surface area contributed by atoms with Crippen LogP contribution in [0.3, 0.4) is 0 Å². The van der Waals surface area contributed by atoms with Crippen molar-refractivity contribution >= 4 is 17.4 Å². The molecule has 4 N–H and O–H groups in total. The molecule has 2 heterocycles. The van der Waals surface area contributed by atoms with Gasteiger partial charge in [0.15, 0.2) is 0 Å². The molecule has 0 bridgehead atoms. The summed E-state index contributed by atoms with van der Waals surface area (Å²) in [6.45, 7) is 0. The SMILES string of the molecule is Nc1cnc2nc(C(=O)O)[nH]n2c1=O. The van der Waals surface area contributed by atoms with E-state index in [-0.39, 0.29) is 17.3 Å². The van der Waals surface area contributed by atoms with E-state index < -0.39 is 11.5 Å². The highest BCUT2D eigenvalue weighted by molar-refractivity contribution is 5.83. The van der Waals surface area contributed by atoms with Crippen molar-refractivity contribution in [3.8, 4) is 0 Å². The van der Waals surface area contributed by atoms with Gasteiger partial charge in [0.2, 0.25) is 5.82 Å². The molecule has 72 valence electrons. The highest BCUT2D eigenvalue weighted by atomic mass is 16.4. The molecule has 2 rings (SSSR count). The maximum absolute atomic E-state index is 11.3. The molecule has 0 saturated heterocycles. The summed E-state index contributed by atoms with van der Waals surface area (Å²) < 4.78 is 0.874. The molecule has 0 aliphatic heterocycles. The lowest BCUT2D eigenvalue weighted by atomic mass is 10.5. The Balaban J connectivity index is 2.84. The Hall–Kier alpha value is -2.38. The van der Waals surface area contributed by atoms with Gasteiger partial charge in [-0.15, -0.1) is 0 Å². The van der Waals surface area contributed by atoms with Crippen molar-refractivity contribution < 1.29 is 9.90 Å². The fraction of sp³-hybridized carbons (Fsp3) is 0. The van der Waals surface area contributed by atoms with E-state index in [4.69, 9.17) is 10.8 Å². The predicted octanol–water partition coefficient (Wildman–Crippen LogP) is -1.30. The second kappa shape index (κ2) is 2.55. The van der Waals surface area contributed by atoms with Crippen molar-refractivity contribution in [1.82, 2.24) is 19.6 Å². The van der Waals surface area contributed by atoms with E-state index in [2.05, 4.69) is 15.1 Å². The molecule has 0 saturated carbocycles. The first-order valence-electron chi connectivity index (χ1n) is 3.56. The van der Waals surface area contributed by atoms with Gasteiger partial charge < -0.3 is 10.8 Å². The number of H-pyrrole nitrogens is 1. The minimum atomic E-state index is -1.27. The van der Waals surface area contributed by atoms with E-state index in [9.17, 15) is 9.59 Å². The molecule has 0 aromatic carbocycles. The number of nitrogen functional groups attached to an aromatic ring is 1. The molecule has 0 aliphatic rings. The molecule has 0 atom stereocenters. The first kappa shape index (κ1) is 8.23. The summed E-state index contributed by atoms with van der Waals surface area (Å²) in [6, 6.07) is 0. The lowest BCUT2D eigenvalue weighted by molar-refractivity contribution is 0.0684. The van der Waals surface area contributed by atoms with Gasteiger partial charge in [0.1, 0.15) is 5.69 Å². The number of fused-ring (bicyclic) bond motifs is 1. The maximum Gasteiger partial charge on any atom is 0.373 e. The summed E-state index contributed by atoms with van der Waals surface area (Å²) in [5.74, 6) is -1.66. The van der Waals surface area contributed by atoms with Crippen LogP contribution in [0.5, 0.6) is 0 Å². The number of hydrogen-bond acceptors (Lipinski definition) is 5. The van der Waals surface area contributed by atoms with Crippen molar-refractivity contribution in [1.29, 1.82) is 0 Å². The Morgan fingerprint density at radius 1 is 1.64 bits per heavy atom. The van der Waals surface area contributed by atoms with Crippen LogP contribution in [0.1, 0.15) is 10.6 Å². The molecule has 0 amide bonds. The zero-order chi connectivity index (χ0) is 10.3. The van der Waals surface area contributed by atoms with Crippen LogP contribution in [-0.4, -0.2) is 30.7 Å². The Labute approximate surface area is 76.0 Å². The highest BCUT2D eigenvalue weighted by Crippen LogP contribution is 1.96. The quantitative estimate of drug-likeness (QED) is 0.519. The maximum atomic E-state index is 11.3. The Morgan fingerprint density at radius 2 is 2.36 bits per heavy atom. The van der Waals surface area contributed by atoms with E-state index in [1.165, 1.54) is 0 Å². The number of carboxylic acid groups (broad SMARTS) is 1. The van der Waals surface area contributed by atoms with Gasteiger partial charge in [-0.05, 0) is 0 Å². The van der Waals surface area contributed by atoms with Gasteiger partial charge in [0.25, 0.3) is 11.3 Å². The van der Waals surface area contributed by atoms with Crippen LogP contribution in [0.15, 0.2) is 11.0 Å². The van der Waals surface area contributed by atoms with E-state index in [0.717, 1.165) is 10.7 Å². The third-order valence-corrected chi connectivity index (χ3v) is 1.60. The van der Waals surface area contributed by atoms with Gasteiger partial charge in [-0.3, -0.25) is 9.89 Å². The molecule has 14 heavy (non-hydrogen) atoms. The average Bonchev–Trinajstić information content (AvgIpc) is 2.56. The molecule has 0 unspecified atom stereocenters. The van der Waals surface area contributed by atoms with Gasteiger partial charge in [-0.1, -0.05) is 0 Å². The van der Waals surface area contributed by atoms with E-state index in [0.29, 0.717) is 0 Å². The zero-order valence-corrected chi connectivity index (χ0v) is 6.76. The second-order valence-corrected chi connectivity index (χ2v) is 2.53. The molecule has 0 radical (unpaired) electrons. The van der Waals surface area contributed by atoms with Crippen LogP contribution >= 0.6 is 0 Å². The smallest absolute Gasteiger partial charge is 0.373 e. The summed E-state index contributed by atoms with van der Waals surface area (Å²) in [5.41, 5.74) is 4.63. The van der Waals surface area contributed by atoms with Crippen molar-refractivity contribution in [2.45, 2.75) is 0 Å². The van der Waals surface area contributed by atoms with Crippen molar-refractivity contribution in [2.75, 3.05) is 5.73 Å². The summed E-state index contributed by atoms with van der Waals surface area (Å²) in [6.07, 6.45) is 1.13. The molecule has 0 spiro atoms. The molecule has 0 aliphatic carbocycles. The Morgan fingerprint density at radius 3 is 3.00 bits per heavy atom. The lowest BCUT2D eigenvalue weighted by Gasteiger charge is -1.90. The van der Waals surface area contributed by atoms with Gasteiger partial charge >= 0.3 is 5.97 Å². The molecular formula is C6H5N5O3. The Bertz CT molecular complexity index is 568. The van der Waals surface area contributed by atoms with Crippen molar-refractivity contribution in [3.05, 3.63) is 22.4 Å². The van der Waals surface area contributed by atoms with Gasteiger partial charge in [0.05, 0.1) is 6.20 Å². The van der Waals surface area contributed by atoms with E-state index >= 15 is 0 Å². The number of nitrogens with one attached hydrogen (secondary N) is 1. The normalized spacial score (nSPS) is 10.6. The first-order chi connectivity index (χ1) is 6.59. The van der Waals surface area contributed by atoms with E-state index in [1.807, 2.05) is 0 Å². The average molecular weight is 195 g/mol. The first-order valence-corrected chi connectivity index (χ1v) is 3.56. The number of anilines is 1. The number of aromatic nitrogens is 4. The summed E-state index contributed by atoms with van der Waals surface area (Å²) in [5, 5.41) is 10.8. The number of aromatic amines is 1. The fourth-order valence-electron chi connectivity index (χ4n) is 0.966. The van der Waals surface area contributed by atoms with Crippen LogP contribution in [0, 0.1) is 0 Å². The largest absolute Gasteiger partial charge is 0.475 e. The number of carbonyl (C=O) groups is 1. The minimum Gasteiger partial charge on any atom is -0.475 e. The fourth-order valence-corrected chi connectivity index (χ4v) is 0.966. The Kier molecular flexibility index (Phi) is 1.50. The third kappa shape index (κ3) is 1.01. The number of carboxylic acids is 1. The predicted molar refractivity (Wildman–Crippen MR) is 45.0 cm³/mol. The third-order valence-electron chi connectivity index (χ3n) is 1.60. The molecule has 2 aromatic heterocycles. The standard InChI is InChI=1S/C6H5N5O3/c7-2-1-8-6-9-3(5(13)14)10-11(6)4(2)12/h1H,7H2,(H,13,14)(H,8,9,10). The summed E-state index contributed by atoms with van der Waals surface area (Å²) >= 11 is 0. The number of nitrogens with zero attached hydrogens (tertiary/aromatic N) is 3. The summed E-state index contributed by atoms with van der Waals surface area (Å²) in [4.78, 5) is 29.0. The second-order valence-electron chi connectivity index (χ2n) is 2.53. The number of rotatable bonds is 1. The topological polar surface area (TPSA) is 126 Å². The zero-order valence-electron chi connectivity index (χ0n) is 6.76. The van der Waals surface area contributed by atoms with Crippen molar-refractivity contribution in [2.24, 2.45) is 0 Å². The van der Waals surface area contributed by atoms with Gasteiger partial charge in [0, 0.05) is 0 Å². The molecule has 2 aromatic rings.